The summed E-state index contributed by atoms with van der Waals surface area (Å²) in [6.07, 6.45) is 0. The van der Waals surface area contributed by atoms with Crippen LogP contribution in [0.5, 0.6) is 5.06 Å². The molecule has 6 heteroatoms. The van der Waals surface area contributed by atoms with Crippen LogP contribution in [0.25, 0.3) is 0 Å². The molecule has 0 aliphatic rings. The monoisotopic (exact) mass is 176 g/mol. The molecule has 0 aliphatic heterocycles. The second-order valence-electron chi connectivity index (χ2n) is 1.73. The van der Waals surface area contributed by atoms with Gasteiger partial charge in [0.25, 0.3) is 0 Å². The molecule has 0 atom stereocenters. The highest BCUT2D eigenvalue weighted by Gasteiger charge is 2.10. The zero-order chi connectivity index (χ0) is 8.27. The van der Waals surface area contributed by atoms with Crippen LogP contribution in [0.15, 0.2) is 0 Å². The van der Waals surface area contributed by atoms with Crippen LogP contribution in [0, 0.1) is 0 Å². The number of aromatic nitrogens is 2. The maximum absolute atomic E-state index is 12.0. The van der Waals surface area contributed by atoms with Crippen LogP contribution in [-0.2, 0) is 11.5 Å². The lowest BCUT2D eigenvalue weighted by molar-refractivity contribution is -0.131. The first-order valence-corrected chi connectivity index (χ1v) is 3.57. The molecule has 4 nitrogen and oxygen atoms in total. The van der Waals surface area contributed by atoms with Gasteiger partial charge < -0.3 is 4.74 Å². The molecular formula is C5H5FN2O2S. The lowest BCUT2D eigenvalue weighted by Crippen LogP contribution is -2.01. The molecule has 60 valence electrons. The number of hydrogen-bond donors (Lipinski definition) is 0. The summed E-state index contributed by atoms with van der Waals surface area (Å²) in [5.74, 6) is -0.495. The number of rotatable bonds is 2. The maximum Gasteiger partial charge on any atom is 0.308 e. The average Bonchev–Trinajstić information content (AvgIpc) is 2.34. The van der Waals surface area contributed by atoms with Crippen molar-refractivity contribution < 1.29 is 13.9 Å². The molecule has 1 aromatic heterocycles. The van der Waals surface area contributed by atoms with Crippen molar-refractivity contribution in [3.8, 4) is 5.06 Å². The number of carbonyl (C=O) groups excluding carboxylic acids is 1. The SMILES string of the molecule is CC(=O)Oc1snnc1CF. The molecule has 11 heavy (non-hydrogen) atoms. The Morgan fingerprint density at radius 2 is 2.55 bits per heavy atom. The van der Waals surface area contributed by atoms with Gasteiger partial charge in [0.05, 0.1) is 0 Å². The Balaban J connectivity index is 2.76. The van der Waals surface area contributed by atoms with E-state index in [2.05, 4.69) is 14.3 Å². The van der Waals surface area contributed by atoms with Gasteiger partial charge in [-0.1, -0.05) is 4.49 Å². The van der Waals surface area contributed by atoms with Crippen molar-refractivity contribution in [2.24, 2.45) is 0 Å². The number of esters is 1. The second kappa shape index (κ2) is 3.38. The van der Waals surface area contributed by atoms with Gasteiger partial charge in [-0.3, -0.25) is 4.79 Å². The summed E-state index contributed by atoms with van der Waals surface area (Å²) in [5.41, 5.74) is 0.0743. The number of halogens is 1. The van der Waals surface area contributed by atoms with E-state index < -0.39 is 12.6 Å². The molecule has 0 fully saturated rings. The zero-order valence-electron chi connectivity index (χ0n) is 5.70. The third-order valence-corrected chi connectivity index (χ3v) is 1.53. The average molecular weight is 176 g/mol. The molecule has 0 saturated heterocycles. The summed E-state index contributed by atoms with van der Waals surface area (Å²) in [4.78, 5) is 10.4. The lowest BCUT2D eigenvalue weighted by atomic mass is 10.5. The normalized spacial score (nSPS) is 9.64. The van der Waals surface area contributed by atoms with Crippen molar-refractivity contribution in [3.63, 3.8) is 0 Å². The van der Waals surface area contributed by atoms with E-state index in [0.717, 1.165) is 11.5 Å². The van der Waals surface area contributed by atoms with Gasteiger partial charge in [-0.15, -0.1) is 5.10 Å². The Bertz CT molecular complexity index is 263. The molecule has 0 saturated carbocycles. The van der Waals surface area contributed by atoms with Gasteiger partial charge in [-0.05, 0) is 0 Å². The van der Waals surface area contributed by atoms with E-state index in [0.29, 0.717) is 0 Å². The Labute approximate surface area is 66.2 Å². The molecule has 0 amide bonds. The highest BCUT2D eigenvalue weighted by atomic mass is 32.1. The summed E-state index contributed by atoms with van der Waals surface area (Å²) in [6.45, 7) is 0.473. The first-order valence-electron chi connectivity index (χ1n) is 2.79. The minimum Gasteiger partial charge on any atom is -0.412 e. The molecule has 0 bridgehead atoms. The van der Waals surface area contributed by atoms with Crippen LogP contribution in [0.2, 0.25) is 0 Å². The molecule has 1 aromatic rings. The third-order valence-electron chi connectivity index (χ3n) is 0.884. The van der Waals surface area contributed by atoms with Crippen molar-refractivity contribution in [2.45, 2.75) is 13.6 Å². The fourth-order valence-electron chi connectivity index (χ4n) is 0.490. The van der Waals surface area contributed by atoms with Crippen LogP contribution in [0.4, 0.5) is 4.39 Å². The smallest absolute Gasteiger partial charge is 0.308 e. The molecule has 0 spiro atoms. The number of ether oxygens (including phenoxy) is 1. The quantitative estimate of drug-likeness (QED) is 0.629. The lowest BCUT2D eigenvalue weighted by Gasteiger charge is -1.94. The molecule has 0 N–H and O–H groups in total. The number of alkyl halides is 1. The van der Waals surface area contributed by atoms with Crippen molar-refractivity contribution in [1.29, 1.82) is 0 Å². The van der Waals surface area contributed by atoms with Gasteiger partial charge in [0.1, 0.15) is 12.4 Å². The van der Waals surface area contributed by atoms with Gasteiger partial charge in [0.2, 0.25) is 5.06 Å². The Morgan fingerprint density at radius 1 is 1.82 bits per heavy atom. The summed E-state index contributed by atoms with van der Waals surface area (Å²) >= 11 is 0.858. The van der Waals surface area contributed by atoms with Gasteiger partial charge in [-0.25, -0.2) is 4.39 Å². The molecule has 0 aliphatic carbocycles. The Morgan fingerprint density at radius 3 is 3.09 bits per heavy atom. The van der Waals surface area contributed by atoms with Gasteiger partial charge in [-0.2, -0.15) is 0 Å². The molecular weight excluding hydrogens is 171 g/mol. The van der Waals surface area contributed by atoms with Crippen LogP contribution in [-0.4, -0.2) is 15.6 Å². The van der Waals surface area contributed by atoms with E-state index in [-0.39, 0.29) is 10.8 Å². The first kappa shape index (κ1) is 8.06. The predicted molar refractivity (Wildman–Crippen MR) is 36.0 cm³/mol. The maximum atomic E-state index is 12.0. The molecule has 1 rings (SSSR count). The van der Waals surface area contributed by atoms with Crippen LogP contribution in [0.1, 0.15) is 12.6 Å². The van der Waals surface area contributed by atoms with Crippen molar-refractivity contribution in [3.05, 3.63) is 5.69 Å². The van der Waals surface area contributed by atoms with Crippen LogP contribution >= 0.6 is 11.5 Å². The number of carbonyl (C=O) groups is 1. The van der Waals surface area contributed by atoms with Crippen LogP contribution in [0.3, 0.4) is 0 Å². The van der Waals surface area contributed by atoms with E-state index in [1.165, 1.54) is 6.92 Å². The van der Waals surface area contributed by atoms with Crippen molar-refractivity contribution in [2.75, 3.05) is 0 Å². The van der Waals surface area contributed by atoms with E-state index in [1.54, 1.807) is 0 Å². The molecule has 1 heterocycles. The van der Waals surface area contributed by atoms with E-state index in [1.807, 2.05) is 0 Å². The predicted octanol–water partition coefficient (Wildman–Crippen LogP) is 0.933. The molecule has 0 unspecified atom stereocenters. The molecule has 0 radical (unpaired) electrons. The van der Waals surface area contributed by atoms with E-state index in [4.69, 9.17) is 0 Å². The fraction of sp³-hybridized carbons (Fsp3) is 0.400. The summed E-state index contributed by atoms with van der Waals surface area (Å²) < 4.78 is 20.0. The zero-order valence-corrected chi connectivity index (χ0v) is 6.52. The highest BCUT2D eigenvalue weighted by Crippen LogP contribution is 2.21. The first-order chi connectivity index (χ1) is 5.24. The van der Waals surface area contributed by atoms with Crippen molar-refractivity contribution in [1.82, 2.24) is 9.59 Å². The molecule has 0 aromatic carbocycles. The highest BCUT2D eigenvalue weighted by molar-refractivity contribution is 7.07. The third kappa shape index (κ3) is 1.94. The Hall–Kier alpha value is -1.04. The minimum atomic E-state index is -0.765. The summed E-state index contributed by atoms with van der Waals surface area (Å²) in [6, 6.07) is 0. The van der Waals surface area contributed by atoms with Gasteiger partial charge in [0.15, 0.2) is 0 Å². The topological polar surface area (TPSA) is 52.1 Å². The Kier molecular flexibility index (Phi) is 2.48. The summed E-state index contributed by atoms with van der Waals surface area (Å²) in [7, 11) is 0. The van der Waals surface area contributed by atoms with E-state index in [9.17, 15) is 9.18 Å². The number of nitrogens with zero attached hydrogens (tertiary/aromatic N) is 2. The minimum absolute atomic E-state index is 0.0743. The van der Waals surface area contributed by atoms with Crippen molar-refractivity contribution >= 4 is 17.5 Å². The van der Waals surface area contributed by atoms with Gasteiger partial charge in [0, 0.05) is 18.5 Å². The largest absolute Gasteiger partial charge is 0.412 e. The summed E-state index contributed by atoms with van der Waals surface area (Å²) in [5, 5.41) is 3.54. The van der Waals surface area contributed by atoms with Crippen LogP contribution < -0.4 is 4.74 Å². The van der Waals surface area contributed by atoms with Gasteiger partial charge >= 0.3 is 5.97 Å². The number of hydrogen-bond acceptors (Lipinski definition) is 5. The standard InChI is InChI=1S/C5H5FN2O2S/c1-3(9)10-5-4(2-6)7-8-11-5/h2H2,1H3. The second-order valence-corrected chi connectivity index (χ2v) is 2.45. The fourth-order valence-corrected chi connectivity index (χ4v) is 1.06. The van der Waals surface area contributed by atoms with E-state index >= 15 is 0 Å².